The molecule has 19 heavy (non-hydrogen) atoms. The van der Waals surface area contributed by atoms with Crippen LogP contribution in [0.15, 0.2) is 12.1 Å². The van der Waals surface area contributed by atoms with Crippen molar-refractivity contribution in [2.24, 2.45) is 0 Å². The van der Waals surface area contributed by atoms with Crippen LogP contribution < -0.4 is 5.32 Å². The number of amides is 1. The molecule has 1 aromatic carbocycles. The van der Waals surface area contributed by atoms with Gasteiger partial charge in [-0.05, 0) is 45.0 Å². The average molecular weight is 285 g/mol. The molecule has 1 rings (SSSR count). The zero-order valence-corrected chi connectivity index (χ0v) is 12.6. The van der Waals surface area contributed by atoms with Crippen LogP contribution in [0.4, 0.5) is 5.69 Å². The summed E-state index contributed by atoms with van der Waals surface area (Å²) in [5.41, 5.74) is 2.66. The van der Waals surface area contributed by atoms with Crippen LogP contribution in [0.3, 0.4) is 0 Å². The summed E-state index contributed by atoms with van der Waals surface area (Å²) >= 11 is 6.13. The summed E-state index contributed by atoms with van der Waals surface area (Å²) in [7, 11) is 1.79. The maximum atomic E-state index is 11.9. The Balaban J connectivity index is 2.67. The normalized spacial score (nSPS) is 12.6. The second-order valence-electron chi connectivity index (χ2n) is 5.03. The van der Waals surface area contributed by atoms with E-state index in [0.29, 0.717) is 17.3 Å². The molecule has 0 spiro atoms. The number of aryl methyl sites for hydroxylation is 2. The molecule has 0 aliphatic rings. The third-order valence-corrected chi connectivity index (χ3v) is 2.98. The molecule has 0 bridgehead atoms. The Morgan fingerprint density at radius 1 is 1.47 bits per heavy atom. The Morgan fingerprint density at radius 3 is 2.63 bits per heavy atom. The van der Waals surface area contributed by atoms with Gasteiger partial charge in [0.2, 0.25) is 5.91 Å². The number of hydrogen-bond donors (Lipinski definition) is 2. The molecule has 0 aromatic heterocycles. The fourth-order valence-electron chi connectivity index (χ4n) is 2.01. The lowest BCUT2D eigenvalue weighted by Gasteiger charge is -2.18. The Bertz CT molecular complexity index is 438. The van der Waals surface area contributed by atoms with E-state index in [2.05, 4.69) is 5.32 Å². The van der Waals surface area contributed by atoms with Crippen LogP contribution in [0, 0.1) is 13.8 Å². The number of carbonyl (C=O) groups excluding carboxylic acids is 1. The third kappa shape index (κ3) is 5.19. The number of rotatable bonds is 5. The number of aliphatic hydroxyl groups is 1. The zero-order valence-electron chi connectivity index (χ0n) is 11.8. The first-order chi connectivity index (χ1) is 8.79. The monoisotopic (exact) mass is 284 g/mol. The number of likely N-dealkylation sites (N-methyl/N-ethyl adjacent to an activating group) is 1. The van der Waals surface area contributed by atoms with Crippen molar-refractivity contribution in [1.82, 2.24) is 4.90 Å². The highest BCUT2D eigenvalue weighted by Crippen LogP contribution is 2.27. The Morgan fingerprint density at radius 2 is 2.11 bits per heavy atom. The SMILES string of the molecule is Cc1cc(C)c(NC(=O)CN(C)CC(C)O)c(Cl)c1. The van der Waals surface area contributed by atoms with E-state index in [0.717, 1.165) is 11.1 Å². The molecule has 1 amide bonds. The Labute approximate surface area is 119 Å². The molecule has 1 unspecified atom stereocenters. The number of hydrogen-bond acceptors (Lipinski definition) is 3. The van der Waals surface area contributed by atoms with Gasteiger partial charge in [0.05, 0.1) is 23.4 Å². The molecule has 106 valence electrons. The van der Waals surface area contributed by atoms with Crippen molar-refractivity contribution in [3.05, 3.63) is 28.3 Å². The van der Waals surface area contributed by atoms with Crippen molar-refractivity contribution in [3.63, 3.8) is 0 Å². The maximum Gasteiger partial charge on any atom is 0.238 e. The lowest BCUT2D eigenvalue weighted by atomic mass is 10.1. The van der Waals surface area contributed by atoms with E-state index in [-0.39, 0.29) is 12.5 Å². The average Bonchev–Trinajstić information content (AvgIpc) is 2.21. The molecule has 0 saturated heterocycles. The Hall–Kier alpha value is -1.10. The minimum Gasteiger partial charge on any atom is -0.392 e. The first-order valence-electron chi connectivity index (χ1n) is 6.22. The van der Waals surface area contributed by atoms with Gasteiger partial charge in [-0.25, -0.2) is 0 Å². The summed E-state index contributed by atoms with van der Waals surface area (Å²) in [6.45, 7) is 6.23. The quantitative estimate of drug-likeness (QED) is 0.872. The highest BCUT2D eigenvalue weighted by atomic mass is 35.5. The number of carbonyl (C=O) groups is 1. The van der Waals surface area contributed by atoms with Crippen LogP contribution in [0.1, 0.15) is 18.1 Å². The van der Waals surface area contributed by atoms with Crippen LogP contribution >= 0.6 is 11.6 Å². The number of anilines is 1. The third-order valence-electron chi connectivity index (χ3n) is 2.69. The highest BCUT2D eigenvalue weighted by molar-refractivity contribution is 6.34. The standard InChI is InChI=1S/C14H21ClN2O2/c1-9-5-10(2)14(12(15)6-9)16-13(19)8-17(4)7-11(3)18/h5-6,11,18H,7-8H2,1-4H3,(H,16,19). The van der Waals surface area contributed by atoms with Crippen molar-refractivity contribution < 1.29 is 9.90 Å². The van der Waals surface area contributed by atoms with E-state index in [4.69, 9.17) is 11.6 Å². The van der Waals surface area contributed by atoms with Crippen LogP contribution in [0.2, 0.25) is 5.02 Å². The van der Waals surface area contributed by atoms with Gasteiger partial charge < -0.3 is 10.4 Å². The first-order valence-corrected chi connectivity index (χ1v) is 6.60. The van der Waals surface area contributed by atoms with E-state index in [9.17, 15) is 9.90 Å². The fourth-order valence-corrected chi connectivity index (χ4v) is 2.38. The summed E-state index contributed by atoms with van der Waals surface area (Å²) in [6, 6.07) is 3.80. The van der Waals surface area contributed by atoms with Crippen molar-refractivity contribution in [2.75, 3.05) is 25.5 Å². The fraction of sp³-hybridized carbons (Fsp3) is 0.500. The van der Waals surface area contributed by atoms with Gasteiger partial charge in [0.15, 0.2) is 0 Å². The number of nitrogens with zero attached hydrogens (tertiary/aromatic N) is 1. The van der Waals surface area contributed by atoms with E-state index >= 15 is 0 Å². The van der Waals surface area contributed by atoms with E-state index < -0.39 is 6.10 Å². The molecule has 5 heteroatoms. The smallest absolute Gasteiger partial charge is 0.238 e. The van der Waals surface area contributed by atoms with Gasteiger partial charge in [0.25, 0.3) is 0 Å². The minimum absolute atomic E-state index is 0.142. The van der Waals surface area contributed by atoms with Crippen LogP contribution in [0.25, 0.3) is 0 Å². The van der Waals surface area contributed by atoms with Gasteiger partial charge in [-0.2, -0.15) is 0 Å². The van der Waals surface area contributed by atoms with E-state index in [1.54, 1.807) is 18.9 Å². The van der Waals surface area contributed by atoms with Gasteiger partial charge in [0.1, 0.15) is 0 Å². The number of nitrogens with one attached hydrogen (secondary N) is 1. The molecule has 0 aliphatic heterocycles. The summed E-state index contributed by atoms with van der Waals surface area (Å²) < 4.78 is 0. The van der Waals surface area contributed by atoms with Gasteiger partial charge in [0, 0.05) is 6.54 Å². The van der Waals surface area contributed by atoms with E-state index in [1.165, 1.54) is 0 Å². The van der Waals surface area contributed by atoms with E-state index in [1.807, 2.05) is 26.0 Å². The first kappa shape index (κ1) is 16.0. The number of benzene rings is 1. The molecule has 0 heterocycles. The molecule has 1 aromatic rings. The van der Waals surface area contributed by atoms with Crippen molar-refractivity contribution in [3.8, 4) is 0 Å². The lowest BCUT2D eigenvalue weighted by molar-refractivity contribution is -0.117. The molecule has 4 nitrogen and oxygen atoms in total. The highest BCUT2D eigenvalue weighted by Gasteiger charge is 2.12. The molecule has 0 fully saturated rings. The zero-order chi connectivity index (χ0) is 14.6. The molecular formula is C14H21ClN2O2. The molecule has 0 aliphatic carbocycles. The topological polar surface area (TPSA) is 52.6 Å². The van der Waals surface area contributed by atoms with Crippen molar-refractivity contribution in [2.45, 2.75) is 26.9 Å². The lowest BCUT2D eigenvalue weighted by Crippen LogP contribution is -2.34. The minimum atomic E-state index is -0.456. The largest absolute Gasteiger partial charge is 0.392 e. The van der Waals surface area contributed by atoms with Gasteiger partial charge in [-0.3, -0.25) is 9.69 Å². The number of halogens is 1. The molecule has 1 atom stereocenters. The van der Waals surface area contributed by atoms with Gasteiger partial charge in [-0.15, -0.1) is 0 Å². The summed E-state index contributed by atoms with van der Waals surface area (Å²) in [6.07, 6.45) is -0.456. The van der Waals surface area contributed by atoms with Crippen molar-refractivity contribution >= 4 is 23.2 Å². The summed E-state index contributed by atoms with van der Waals surface area (Å²) in [5, 5.41) is 12.6. The van der Waals surface area contributed by atoms with Gasteiger partial charge in [-0.1, -0.05) is 17.7 Å². The second-order valence-corrected chi connectivity index (χ2v) is 5.44. The predicted octanol–water partition coefficient (Wildman–Crippen LogP) is 2.21. The summed E-state index contributed by atoms with van der Waals surface area (Å²) in [5.74, 6) is -0.142. The number of aliphatic hydroxyl groups excluding tert-OH is 1. The van der Waals surface area contributed by atoms with Gasteiger partial charge >= 0.3 is 0 Å². The van der Waals surface area contributed by atoms with Crippen LogP contribution in [0.5, 0.6) is 0 Å². The molecule has 0 saturated carbocycles. The van der Waals surface area contributed by atoms with Crippen molar-refractivity contribution in [1.29, 1.82) is 0 Å². The second kappa shape index (κ2) is 6.89. The maximum absolute atomic E-state index is 11.9. The molecule has 2 N–H and O–H groups in total. The van der Waals surface area contributed by atoms with Crippen LogP contribution in [-0.4, -0.2) is 42.2 Å². The summed E-state index contributed by atoms with van der Waals surface area (Å²) in [4.78, 5) is 13.7. The molecule has 0 radical (unpaired) electrons. The molecular weight excluding hydrogens is 264 g/mol. The Kier molecular flexibility index (Phi) is 5.79. The predicted molar refractivity (Wildman–Crippen MR) is 78.7 cm³/mol. The van der Waals surface area contributed by atoms with Crippen LogP contribution in [-0.2, 0) is 4.79 Å².